The molecule has 0 N–H and O–H groups in total. The second kappa shape index (κ2) is 9.40. The van der Waals surface area contributed by atoms with Crippen molar-refractivity contribution in [1.82, 2.24) is 14.9 Å². The minimum Gasteiger partial charge on any atom is -0.420 e. The summed E-state index contributed by atoms with van der Waals surface area (Å²) >= 11 is 0. The number of rotatable bonds is 5. The molecule has 0 atom stereocenters. The summed E-state index contributed by atoms with van der Waals surface area (Å²) in [6.45, 7) is 5.11. The number of carbonyl (C=O) groups excluding carboxylic acids is 2. The zero-order valence-corrected chi connectivity index (χ0v) is 18.4. The van der Waals surface area contributed by atoms with Gasteiger partial charge < -0.3 is 19.1 Å². The third-order valence-electron chi connectivity index (χ3n) is 5.99. The third kappa shape index (κ3) is 5.28. The molecule has 1 amide bonds. The molecule has 33 heavy (non-hydrogen) atoms. The molecule has 0 aromatic carbocycles. The fraction of sp³-hybridized carbons (Fsp3) is 0.545. The van der Waals surface area contributed by atoms with E-state index in [1.807, 2.05) is 4.90 Å². The van der Waals surface area contributed by atoms with Crippen LogP contribution in [0.2, 0.25) is 0 Å². The monoisotopic (exact) mass is 465 g/mol. The Labute approximate surface area is 189 Å². The smallest absolute Gasteiger partial charge is 0.420 e. The molecule has 2 aliphatic rings. The molecule has 11 heteroatoms. The summed E-state index contributed by atoms with van der Waals surface area (Å²) < 4.78 is 45.9. The minimum absolute atomic E-state index is 0.0329. The molecule has 0 unspecified atom stereocenters. The van der Waals surface area contributed by atoms with Gasteiger partial charge in [-0.3, -0.25) is 9.59 Å². The number of hydrogen-bond acceptors (Lipinski definition) is 7. The van der Waals surface area contributed by atoms with Crippen LogP contribution in [0.4, 0.5) is 25.0 Å². The number of anilines is 2. The highest BCUT2D eigenvalue weighted by atomic mass is 19.4. The molecular formula is C22H26F3N5O3. The van der Waals surface area contributed by atoms with Crippen molar-refractivity contribution in [3.63, 3.8) is 0 Å². The largest absolute Gasteiger partial charge is 0.437 e. The van der Waals surface area contributed by atoms with E-state index in [9.17, 15) is 22.8 Å². The molecule has 2 aliphatic heterocycles. The van der Waals surface area contributed by atoms with Crippen LogP contribution in [-0.2, 0) is 17.4 Å². The maximum Gasteiger partial charge on any atom is 0.437 e. The van der Waals surface area contributed by atoms with Gasteiger partial charge in [-0.15, -0.1) is 0 Å². The highest BCUT2D eigenvalue weighted by Gasteiger charge is 2.41. The van der Waals surface area contributed by atoms with Crippen molar-refractivity contribution in [2.24, 2.45) is 0 Å². The molecule has 8 nitrogen and oxygen atoms in total. The van der Waals surface area contributed by atoms with Gasteiger partial charge in [-0.25, -0.2) is 4.98 Å². The van der Waals surface area contributed by atoms with Crippen LogP contribution in [-0.4, -0.2) is 65.8 Å². The summed E-state index contributed by atoms with van der Waals surface area (Å²) in [5, 5.41) is 0. The Bertz CT molecular complexity index is 992. The average molecular weight is 465 g/mol. The van der Waals surface area contributed by atoms with Crippen LogP contribution in [0.1, 0.15) is 48.0 Å². The van der Waals surface area contributed by atoms with Gasteiger partial charge in [-0.1, -0.05) is 6.07 Å². The Morgan fingerprint density at radius 1 is 1.00 bits per heavy atom. The Morgan fingerprint density at radius 3 is 2.27 bits per heavy atom. The Morgan fingerprint density at radius 2 is 1.70 bits per heavy atom. The van der Waals surface area contributed by atoms with Crippen molar-refractivity contribution in [3.05, 3.63) is 35.3 Å². The number of Topliss-reactive ketones (excluding diaryl/α,β-unsaturated/α-hetero) is 1. The van der Waals surface area contributed by atoms with Crippen molar-refractivity contribution in [2.75, 3.05) is 49.1 Å². The first-order valence-electron chi connectivity index (χ1n) is 11.0. The number of ketones is 1. The van der Waals surface area contributed by atoms with Gasteiger partial charge >= 0.3 is 6.18 Å². The quantitative estimate of drug-likeness (QED) is 0.628. The number of piperazine rings is 1. The van der Waals surface area contributed by atoms with Crippen molar-refractivity contribution in [3.8, 4) is 0 Å². The van der Waals surface area contributed by atoms with Crippen LogP contribution in [0.5, 0.6) is 0 Å². The molecule has 0 spiro atoms. The SMILES string of the molecule is CC(=O)N1CCN(c2ccc(CC(=O)c3oc(N4CCCCC4)nc3C(F)(F)F)cn2)CC1. The van der Waals surface area contributed by atoms with E-state index in [2.05, 4.69) is 9.97 Å². The van der Waals surface area contributed by atoms with Crippen molar-refractivity contribution >= 4 is 23.5 Å². The maximum atomic E-state index is 13.5. The number of nitrogens with zero attached hydrogens (tertiary/aromatic N) is 5. The van der Waals surface area contributed by atoms with E-state index in [0.29, 0.717) is 50.6 Å². The molecule has 0 saturated carbocycles. The molecular weight excluding hydrogens is 439 g/mol. The standard InChI is InChI=1S/C22H26F3N5O3/c1-15(31)28-9-11-29(12-10-28)18-6-5-16(14-26-18)13-17(32)19-20(22(23,24)25)27-21(33-19)30-7-3-2-4-8-30/h5-6,14H,2-4,7-13H2,1H3. The lowest BCUT2D eigenvalue weighted by Crippen LogP contribution is -2.48. The van der Waals surface area contributed by atoms with Crippen LogP contribution in [0.3, 0.4) is 0 Å². The van der Waals surface area contributed by atoms with Crippen LogP contribution in [0.25, 0.3) is 0 Å². The van der Waals surface area contributed by atoms with Crippen molar-refractivity contribution in [1.29, 1.82) is 0 Å². The second-order valence-corrected chi connectivity index (χ2v) is 8.34. The molecule has 2 fully saturated rings. The molecule has 2 saturated heterocycles. The van der Waals surface area contributed by atoms with Crippen LogP contribution in [0.15, 0.2) is 22.7 Å². The lowest BCUT2D eigenvalue weighted by molar-refractivity contribution is -0.141. The first kappa shape index (κ1) is 23.1. The minimum atomic E-state index is -4.79. The van der Waals surface area contributed by atoms with E-state index in [1.165, 1.54) is 13.1 Å². The highest BCUT2D eigenvalue weighted by molar-refractivity contribution is 5.96. The summed E-state index contributed by atoms with van der Waals surface area (Å²) in [5.41, 5.74) is -0.795. The maximum absolute atomic E-state index is 13.5. The van der Waals surface area contributed by atoms with Crippen LogP contribution < -0.4 is 9.80 Å². The van der Waals surface area contributed by atoms with Gasteiger partial charge in [-0.2, -0.15) is 18.2 Å². The van der Waals surface area contributed by atoms with Gasteiger partial charge in [0.2, 0.25) is 17.5 Å². The molecule has 2 aromatic heterocycles. The second-order valence-electron chi connectivity index (χ2n) is 8.34. The van der Waals surface area contributed by atoms with Gasteiger partial charge in [0.25, 0.3) is 6.01 Å². The summed E-state index contributed by atoms with van der Waals surface area (Å²) in [5.74, 6) is -0.821. The summed E-state index contributed by atoms with van der Waals surface area (Å²) in [4.78, 5) is 37.6. The predicted octanol–water partition coefficient (Wildman–Crippen LogP) is 3.17. The van der Waals surface area contributed by atoms with Gasteiger partial charge in [-0.05, 0) is 30.9 Å². The number of halogens is 3. The molecule has 4 rings (SSSR count). The van der Waals surface area contributed by atoms with E-state index < -0.39 is 23.4 Å². The third-order valence-corrected chi connectivity index (χ3v) is 5.99. The highest BCUT2D eigenvalue weighted by Crippen LogP contribution is 2.35. The number of piperidine rings is 1. The normalized spacial score (nSPS) is 17.4. The van der Waals surface area contributed by atoms with Gasteiger partial charge in [0.1, 0.15) is 5.82 Å². The first-order valence-corrected chi connectivity index (χ1v) is 11.0. The number of hydrogen-bond donors (Lipinski definition) is 0. The topological polar surface area (TPSA) is 82.8 Å². The summed E-state index contributed by atoms with van der Waals surface area (Å²) in [6.07, 6.45) is -0.885. The van der Waals surface area contributed by atoms with E-state index >= 15 is 0 Å². The Hall–Kier alpha value is -3.11. The molecule has 0 aliphatic carbocycles. The molecule has 2 aromatic rings. The first-order chi connectivity index (χ1) is 15.7. The fourth-order valence-corrected chi connectivity index (χ4v) is 4.13. The van der Waals surface area contributed by atoms with E-state index in [-0.39, 0.29) is 18.3 Å². The zero-order valence-electron chi connectivity index (χ0n) is 18.4. The number of amides is 1. The van der Waals surface area contributed by atoms with E-state index in [1.54, 1.807) is 21.9 Å². The predicted molar refractivity (Wildman–Crippen MR) is 114 cm³/mol. The molecule has 4 heterocycles. The van der Waals surface area contributed by atoms with Crippen molar-refractivity contribution < 1.29 is 27.2 Å². The number of oxazole rings is 1. The van der Waals surface area contributed by atoms with Crippen LogP contribution >= 0.6 is 0 Å². The van der Waals surface area contributed by atoms with E-state index in [0.717, 1.165) is 19.3 Å². The molecule has 0 bridgehead atoms. The zero-order chi connectivity index (χ0) is 23.6. The fourth-order valence-electron chi connectivity index (χ4n) is 4.13. The lowest BCUT2D eigenvalue weighted by Gasteiger charge is -2.34. The average Bonchev–Trinajstić information content (AvgIpc) is 3.27. The van der Waals surface area contributed by atoms with Gasteiger partial charge in [0.05, 0.1) is 0 Å². The van der Waals surface area contributed by atoms with Gasteiger partial charge in [0.15, 0.2) is 5.69 Å². The van der Waals surface area contributed by atoms with Crippen LogP contribution in [0, 0.1) is 0 Å². The molecule has 178 valence electrons. The summed E-state index contributed by atoms with van der Waals surface area (Å²) in [7, 11) is 0. The van der Waals surface area contributed by atoms with Crippen molar-refractivity contribution in [2.45, 2.75) is 38.8 Å². The number of pyridine rings is 1. The number of carbonyl (C=O) groups is 2. The number of alkyl halides is 3. The number of aromatic nitrogens is 2. The molecule has 0 radical (unpaired) electrons. The summed E-state index contributed by atoms with van der Waals surface area (Å²) in [6, 6.07) is 3.26. The lowest BCUT2D eigenvalue weighted by atomic mass is 10.1. The van der Waals surface area contributed by atoms with Gasteiger partial charge in [0, 0.05) is 58.8 Å². The Balaban J connectivity index is 1.45. The Kier molecular flexibility index (Phi) is 6.57. The van der Waals surface area contributed by atoms with E-state index in [4.69, 9.17) is 4.42 Å².